The number of methoxy groups -OCH3 is 1. The van der Waals surface area contributed by atoms with Crippen molar-refractivity contribution < 1.29 is 58.8 Å². The molecule has 0 aromatic heterocycles. The summed E-state index contributed by atoms with van der Waals surface area (Å²) in [5, 5.41) is 56.5. The zero-order chi connectivity index (χ0) is 27.3. The van der Waals surface area contributed by atoms with Gasteiger partial charge in [-0.25, -0.2) is 0 Å². The molecule has 2 amide bonds. The summed E-state index contributed by atoms with van der Waals surface area (Å²) in [7, 11) is 1.50. The van der Waals surface area contributed by atoms with Crippen molar-refractivity contribution in [3.05, 3.63) is 24.3 Å². The van der Waals surface area contributed by atoms with E-state index in [0.29, 0.717) is 11.5 Å². The molecule has 2 heterocycles. The molecule has 2 saturated heterocycles. The molecule has 3 rings (SSSR count). The molecule has 7 N–H and O–H groups in total. The van der Waals surface area contributed by atoms with Gasteiger partial charge in [0.1, 0.15) is 60.2 Å². The third-order valence-electron chi connectivity index (χ3n) is 6.08. The molecule has 37 heavy (non-hydrogen) atoms. The molecule has 14 heteroatoms. The van der Waals surface area contributed by atoms with Crippen molar-refractivity contribution >= 4 is 11.8 Å². The lowest BCUT2D eigenvalue weighted by atomic mass is 9.94. The molecule has 0 radical (unpaired) electrons. The Balaban J connectivity index is 1.85. The second kappa shape index (κ2) is 12.8. The van der Waals surface area contributed by atoms with E-state index in [1.165, 1.54) is 21.0 Å². The first kappa shape index (κ1) is 29.0. The van der Waals surface area contributed by atoms with Crippen LogP contribution in [0.3, 0.4) is 0 Å². The summed E-state index contributed by atoms with van der Waals surface area (Å²) >= 11 is 0. The Morgan fingerprint density at radius 1 is 0.811 bits per heavy atom. The fourth-order valence-corrected chi connectivity index (χ4v) is 4.25. The zero-order valence-electron chi connectivity index (χ0n) is 20.6. The highest BCUT2D eigenvalue weighted by atomic mass is 16.7. The number of benzene rings is 1. The Kier molecular flexibility index (Phi) is 10.0. The Labute approximate surface area is 213 Å². The number of amides is 2. The highest BCUT2D eigenvalue weighted by molar-refractivity contribution is 5.73. The van der Waals surface area contributed by atoms with Crippen LogP contribution in [0, 0.1) is 0 Å². The average Bonchev–Trinajstić information content (AvgIpc) is 2.87. The number of carbonyl (C=O) groups is 2. The monoisotopic (exact) mass is 530 g/mol. The molecular weight excluding hydrogens is 496 g/mol. The van der Waals surface area contributed by atoms with Gasteiger partial charge in [0, 0.05) is 13.8 Å². The molecule has 2 fully saturated rings. The van der Waals surface area contributed by atoms with Gasteiger partial charge < -0.3 is 59.9 Å². The van der Waals surface area contributed by atoms with Crippen LogP contribution in [0.4, 0.5) is 0 Å². The zero-order valence-corrected chi connectivity index (χ0v) is 20.6. The lowest BCUT2D eigenvalue weighted by Crippen LogP contribution is -2.69. The van der Waals surface area contributed by atoms with E-state index < -0.39 is 86.3 Å². The largest absolute Gasteiger partial charge is 0.497 e. The predicted molar refractivity (Wildman–Crippen MR) is 123 cm³/mol. The Morgan fingerprint density at radius 3 is 1.84 bits per heavy atom. The molecule has 10 atom stereocenters. The van der Waals surface area contributed by atoms with Crippen LogP contribution < -0.4 is 20.1 Å². The van der Waals surface area contributed by atoms with Gasteiger partial charge in [-0.15, -0.1) is 0 Å². The predicted octanol–water partition coefficient (Wildman–Crippen LogP) is -3.01. The molecule has 14 nitrogen and oxygen atoms in total. The normalized spacial score (nSPS) is 35.9. The SMILES string of the molecule is COc1ccc(O[C@@H]2O[C@H](CO)[C@H](O[C@H]3O[C@H](CO)[C@@H](O)[C@H](O)[C@H]3NC(C)=O)[C@H](O)[C@H]2NC(C)=O)cc1. The van der Waals surface area contributed by atoms with Gasteiger partial charge in [0.25, 0.3) is 0 Å². The number of ether oxygens (including phenoxy) is 5. The number of rotatable bonds is 9. The van der Waals surface area contributed by atoms with Crippen LogP contribution in [-0.4, -0.2) is 119 Å². The molecule has 0 aliphatic carbocycles. The maximum Gasteiger partial charge on any atom is 0.223 e. The van der Waals surface area contributed by atoms with Crippen LogP contribution in [0.15, 0.2) is 24.3 Å². The van der Waals surface area contributed by atoms with Crippen LogP contribution >= 0.6 is 0 Å². The van der Waals surface area contributed by atoms with E-state index in [2.05, 4.69) is 10.6 Å². The third kappa shape index (κ3) is 6.86. The minimum Gasteiger partial charge on any atom is -0.497 e. The van der Waals surface area contributed by atoms with Crippen molar-refractivity contribution in [2.45, 2.75) is 75.1 Å². The van der Waals surface area contributed by atoms with Crippen molar-refractivity contribution in [1.82, 2.24) is 10.6 Å². The lowest BCUT2D eigenvalue weighted by Gasteiger charge is -2.48. The van der Waals surface area contributed by atoms with Gasteiger partial charge in [-0.05, 0) is 24.3 Å². The first-order valence-corrected chi connectivity index (χ1v) is 11.7. The van der Waals surface area contributed by atoms with Crippen LogP contribution in [0.5, 0.6) is 11.5 Å². The highest BCUT2D eigenvalue weighted by Gasteiger charge is 2.52. The third-order valence-corrected chi connectivity index (χ3v) is 6.08. The van der Waals surface area contributed by atoms with E-state index in [0.717, 1.165) is 0 Å². The smallest absolute Gasteiger partial charge is 0.223 e. The van der Waals surface area contributed by atoms with E-state index in [-0.39, 0.29) is 0 Å². The first-order chi connectivity index (χ1) is 17.6. The summed E-state index contributed by atoms with van der Waals surface area (Å²) in [4.78, 5) is 23.6. The minimum absolute atomic E-state index is 0.327. The van der Waals surface area contributed by atoms with Gasteiger partial charge in [-0.3, -0.25) is 9.59 Å². The Hall–Kier alpha value is -2.56. The number of carbonyl (C=O) groups excluding carboxylic acids is 2. The molecule has 208 valence electrons. The summed E-state index contributed by atoms with van der Waals surface area (Å²) < 4.78 is 28.2. The van der Waals surface area contributed by atoms with Crippen LogP contribution in [0.2, 0.25) is 0 Å². The number of hydrogen-bond donors (Lipinski definition) is 7. The molecule has 2 aliphatic rings. The second-order valence-electron chi connectivity index (χ2n) is 8.77. The van der Waals surface area contributed by atoms with E-state index in [1.54, 1.807) is 24.3 Å². The van der Waals surface area contributed by atoms with Crippen LogP contribution in [-0.2, 0) is 23.8 Å². The number of aliphatic hydroxyl groups excluding tert-OH is 5. The molecule has 1 aromatic rings. The minimum atomic E-state index is -1.59. The molecule has 0 unspecified atom stereocenters. The molecule has 0 bridgehead atoms. The summed E-state index contributed by atoms with van der Waals surface area (Å²) in [5.74, 6) is -0.180. The fraction of sp³-hybridized carbons (Fsp3) is 0.652. The quantitative estimate of drug-likeness (QED) is 0.170. The van der Waals surface area contributed by atoms with E-state index in [1.807, 2.05) is 0 Å². The van der Waals surface area contributed by atoms with Gasteiger partial charge in [-0.2, -0.15) is 0 Å². The van der Waals surface area contributed by atoms with Gasteiger partial charge in [0.2, 0.25) is 18.1 Å². The molecular formula is C23H34N2O12. The lowest BCUT2D eigenvalue weighted by molar-refractivity contribution is -0.325. The van der Waals surface area contributed by atoms with Crippen molar-refractivity contribution in [3.63, 3.8) is 0 Å². The number of hydrogen-bond acceptors (Lipinski definition) is 12. The average molecular weight is 531 g/mol. The molecule has 0 spiro atoms. The number of aliphatic hydroxyl groups is 5. The highest BCUT2D eigenvalue weighted by Crippen LogP contribution is 2.31. The van der Waals surface area contributed by atoms with Crippen LogP contribution in [0.25, 0.3) is 0 Å². The van der Waals surface area contributed by atoms with Crippen LogP contribution in [0.1, 0.15) is 13.8 Å². The van der Waals surface area contributed by atoms with Crippen molar-refractivity contribution in [3.8, 4) is 11.5 Å². The summed E-state index contributed by atoms with van der Waals surface area (Å²) in [6, 6.07) is 3.97. The maximum atomic E-state index is 11.9. The first-order valence-electron chi connectivity index (χ1n) is 11.7. The standard InChI is InChI=1S/C23H34N2O12/c1-10(28)24-16-19(31)18(30)14(8-26)35-23(16)37-21-15(9-27)36-22(17(20(21)32)25-11(2)29)34-13-6-4-12(33-3)5-7-13/h4-7,14-23,26-27,30-32H,8-9H2,1-3H3,(H,24,28)(H,25,29)/t14-,15-,16-,17-,18-,19-,20-,21+,22-,23-/m1/s1. The van der Waals surface area contributed by atoms with E-state index in [4.69, 9.17) is 23.7 Å². The van der Waals surface area contributed by atoms with Crippen molar-refractivity contribution in [2.24, 2.45) is 0 Å². The summed E-state index contributed by atoms with van der Waals surface area (Å²) in [5.41, 5.74) is 0. The van der Waals surface area contributed by atoms with Gasteiger partial charge in [0.15, 0.2) is 6.29 Å². The Bertz CT molecular complexity index is 902. The molecule has 2 aliphatic heterocycles. The second-order valence-corrected chi connectivity index (χ2v) is 8.77. The molecule has 1 aromatic carbocycles. The van der Waals surface area contributed by atoms with E-state index in [9.17, 15) is 35.1 Å². The summed E-state index contributed by atoms with van der Waals surface area (Å²) in [6.07, 6.45) is -11.2. The summed E-state index contributed by atoms with van der Waals surface area (Å²) in [6.45, 7) is 1.08. The van der Waals surface area contributed by atoms with Gasteiger partial charge >= 0.3 is 0 Å². The van der Waals surface area contributed by atoms with Gasteiger partial charge in [0.05, 0.1) is 20.3 Å². The molecule has 0 saturated carbocycles. The fourth-order valence-electron chi connectivity index (χ4n) is 4.25. The van der Waals surface area contributed by atoms with E-state index >= 15 is 0 Å². The maximum absolute atomic E-state index is 11.9. The Morgan fingerprint density at radius 2 is 1.32 bits per heavy atom. The number of nitrogens with one attached hydrogen (secondary N) is 2. The van der Waals surface area contributed by atoms with Crippen molar-refractivity contribution in [2.75, 3.05) is 20.3 Å². The van der Waals surface area contributed by atoms with Crippen molar-refractivity contribution in [1.29, 1.82) is 0 Å². The van der Waals surface area contributed by atoms with Gasteiger partial charge in [-0.1, -0.05) is 0 Å². The topological polar surface area (TPSA) is 206 Å².